The maximum atomic E-state index is 14.4. The molecule has 10 nitrogen and oxygen atoms in total. The third kappa shape index (κ3) is 5.88. The summed E-state index contributed by atoms with van der Waals surface area (Å²) < 4.78 is 56.2. The quantitative estimate of drug-likeness (QED) is 0.298. The number of carbonyl (C=O) groups is 3. The van der Waals surface area contributed by atoms with Gasteiger partial charge < -0.3 is 15.5 Å². The van der Waals surface area contributed by atoms with Gasteiger partial charge in [-0.2, -0.15) is 23.5 Å². The van der Waals surface area contributed by atoms with E-state index in [1.54, 1.807) is 37.3 Å². The summed E-state index contributed by atoms with van der Waals surface area (Å²) in [6.07, 6.45) is -4.71. The molecule has 4 aromatic rings. The first-order valence-electron chi connectivity index (χ1n) is 15.2. The Balaban J connectivity index is 1.57. The van der Waals surface area contributed by atoms with Crippen LogP contribution in [0.15, 0.2) is 78.9 Å². The highest BCUT2D eigenvalue weighted by Crippen LogP contribution is 2.44. The van der Waals surface area contributed by atoms with Gasteiger partial charge in [-0.05, 0) is 55.0 Å². The molecule has 48 heavy (non-hydrogen) atoms. The first kappa shape index (κ1) is 32.4. The van der Waals surface area contributed by atoms with E-state index in [0.29, 0.717) is 23.9 Å². The van der Waals surface area contributed by atoms with E-state index >= 15 is 0 Å². The Bertz CT molecular complexity index is 1900. The lowest BCUT2D eigenvalue weighted by Gasteiger charge is -2.39. The Morgan fingerprint density at radius 1 is 1.06 bits per heavy atom. The molecule has 1 saturated heterocycles. The van der Waals surface area contributed by atoms with Crippen molar-refractivity contribution in [2.45, 2.75) is 31.1 Å². The minimum atomic E-state index is -4.71. The van der Waals surface area contributed by atoms with Crippen molar-refractivity contribution in [1.29, 1.82) is 5.26 Å². The Labute approximate surface area is 272 Å². The summed E-state index contributed by atoms with van der Waals surface area (Å²) in [4.78, 5) is 45.1. The van der Waals surface area contributed by atoms with Crippen LogP contribution in [0.2, 0.25) is 0 Å². The number of nitriles is 1. The summed E-state index contributed by atoms with van der Waals surface area (Å²) in [6, 6.07) is 17.6. The van der Waals surface area contributed by atoms with Crippen LogP contribution in [-0.4, -0.2) is 70.7 Å². The number of nitrogens with one attached hydrogen (secondary N) is 2. The second kappa shape index (κ2) is 12.9. The lowest BCUT2D eigenvalue weighted by atomic mass is 9.80. The summed E-state index contributed by atoms with van der Waals surface area (Å²) in [5.74, 6) is -3.64. The number of piperazine rings is 1. The molecule has 0 radical (unpaired) electrons. The Kier molecular flexibility index (Phi) is 8.72. The van der Waals surface area contributed by atoms with Crippen LogP contribution in [0, 0.1) is 17.1 Å². The molecule has 1 fully saturated rings. The second-order valence-electron chi connectivity index (χ2n) is 11.3. The number of para-hydroxylation sites is 1. The van der Waals surface area contributed by atoms with E-state index in [0.717, 1.165) is 12.1 Å². The molecule has 3 aromatic carbocycles. The van der Waals surface area contributed by atoms with Crippen molar-refractivity contribution in [3.8, 4) is 11.8 Å². The predicted octanol–water partition coefficient (Wildman–Crippen LogP) is 4.26. The number of aromatic nitrogens is 2. The topological polar surface area (TPSA) is 123 Å². The summed E-state index contributed by atoms with van der Waals surface area (Å²) in [7, 11) is 0. The lowest BCUT2D eigenvalue weighted by Crippen LogP contribution is -2.56. The molecule has 3 atom stereocenters. The van der Waals surface area contributed by atoms with Gasteiger partial charge in [0, 0.05) is 43.2 Å². The monoisotopic (exact) mass is 659 g/mol. The molecule has 3 amide bonds. The molecule has 2 aliphatic rings. The number of halogens is 4. The van der Waals surface area contributed by atoms with Crippen LogP contribution in [0.25, 0.3) is 5.69 Å². The minimum absolute atomic E-state index is 0.0680. The van der Waals surface area contributed by atoms with Gasteiger partial charge in [-0.15, -0.1) is 0 Å². The van der Waals surface area contributed by atoms with E-state index in [1.807, 2.05) is 0 Å². The Hall–Kier alpha value is -5.55. The van der Waals surface area contributed by atoms with Gasteiger partial charge in [-0.25, -0.2) is 9.07 Å². The number of hydrogen-bond donors (Lipinski definition) is 2. The number of likely N-dealkylation sites (N-methyl/N-ethyl adjacent to an activating group) is 1. The first-order valence-corrected chi connectivity index (χ1v) is 15.2. The van der Waals surface area contributed by atoms with E-state index in [1.165, 1.54) is 44.8 Å². The highest BCUT2D eigenvalue weighted by Gasteiger charge is 2.48. The zero-order valence-electron chi connectivity index (χ0n) is 25.5. The molecule has 2 aliphatic heterocycles. The zero-order chi connectivity index (χ0) is 34.2. The maximum Gasteiger partial charge on any atom is 0.416 e. The van der Waals surface area contributed by atoms with Crippen molar-refractivity contribution in [3.63, 3.8) is 0 Å². The minimum Gasteiger partial charge on any atom is -0.339 e. The van der Waals surface area contributed by atoms with Crippen LogP contribution >= 0.6 is 0 Å². The van der Waals surface area contributed by atoms with E-state index in [2.05, 4.69) is 16.7 Å². The smallest absolute Gasteiger partial charge is 0.339 e. The number of anilines is 1. The fraction of sp³-hybridized carbons (Fsp3) is 0.265. The van der Waals surface area contributed by atoms with Gasteiger partial charge in [-0.1, -0.05) is 36.4 Å². The van der Waals surface area contributed by atoms with Crippen molar-refractivity contribution >= 4 is 23.5 Å². The van der Waals surface area contributed by atoms with Gasteiger partial charge in [0.05, 0.1) is 17.3 Å². The van der Waals surface area contributed by atoms with Gasteiger partial charge in [0.2, 0.25) is 0 Å². The number of rotatable bonds is 6. The van der Waals surface area contributed by atoms with E-state index < -0.39 is 53.3 Å². The van der Waals surface area contributed by atoms with Crippen LogP contribution in [-0.2, 0) is 11.0 Å². The third-order valence-corrected chi connectivity index (χ3v) is 8.47. The Morgan fingerprint density at radius 3 is 2.46 bits per heavy atom. The first-order chi connectivity index (χ1) is 23.0. The molecule has 2 N–H and O–H groups in total. The van der Waals surface area contributed by atoms with E-state index in [9.17, 15) is 37.2 Å². The summed E-state index contributed by atoms with van der Waals surface area (Å²) >= 11 is 0. The zero-order valence-corrected chi connectivity index (χ0v) is 25.5. The number of hydrogen-bond acceptors (Lipinski definition) is 6. The van der Waals surface area contributed by atoms with Crippen LogP contribution in [0.5, 0.6) is 0 Å². The largest absolute Gasteiger partial charge is 0.416 e. The lowest BCUT2D eigenvalue weighted by molar-refractivity contribution is -0.137. The predicted molar refractivity (Wildman–Crippen MR) is 166 cm³/mol. The highest BCUT2D eigenvalue weighted by molar-refractivity contribution is 6.07. The van der Waals surface area contributed by atoms with E-state index in [4.69, 9.17) is 5.10 Å². The van der Waals surface area contributed by atoms with Gasteiger partial charge in [0.15, 0.2) is 5.69 Å². The number of nitrogens with zero attached hydrogens (tertiary/aromatic N) is 5. The molecule has 246 valence electrons. The number of fused-ring (bicyclic) bond motifs is 1. The molecule has 14 heteroatoms. The standard InChI is InChI=1S/C34H29F4N7O3/c1-2-43-31-27(29(42-45(31)24-9-4-3-5-10-24)33(48)44-16-15-40-19-25(44)18-39)26(20-11-13-23(35)14-12-20)28(32(43)47)41-30(46)21-7-6-8-22(17-21)34(36,37)38/h3-14,17,25-26,28,40H,2,15-16,19H2,1H3,(H,41,46)/t25-,26-,28-/m0/s1. The second-order valence-corrected chi connectivity index (χ2v) is 11.3. The molecule has 0 bridgehead atoms. The number of carbonyl (C=O) groups excluding carboxylic acids is 3. The van der Waals surface area contributed by atoms with Gasteiger partial charge >= 0.3 is 6.18 Å². The van der Waals surface area contributed by atoms with Gasteiger partial charge in [0.1, 0.15) is 23.7 Å². The molecule has 0 unspecified atom stereocenters. The molecular formula is C34H29F4N7O3. The van der Waals surface area contributed by atoms with Crippen molar-refractivity contribution in [3.05, 3.63) is 113 Å². The average Bonchev–Trinajstić information content (AvgIpc) is 3.48. The highest BCUT2D eigenvalue weighted by atomic mass is 19.4. The van der Waals surface area contributed by atoms with Crippen molar-refractivity contribution in [1.82, 2.24) is 25.3 Å². The fourth-order valence-corrected chi connectivity index (χ4v) is 6.20. The van der Waals surface area contributed by atoms with Crippen LogP contribution in [0.1, 0.15) is 50.4 Å². The van der Waals surface area contributed by atoms with Gasteiger partial charge in [-0.3, -0.25) is 19.3 Å². The summed E-state index contributed by atoms with van der Waals surface area (Å²) in [5.41, 5.74) is -0.373. The van der Waals surface area contributed by atoms with Crippen molar-refractivity contribution < 1.29 is 31.9 Å². The fourth-order valence-electron chi connectivity index (χ4n) is 6.20. The third-order valence-electron chi connectivity index (χ3n) is 8.47. The molecule has 0 saturated carbocycles. The Morgan fingerprint density at radius 2 is 1.79 bits per heavy atom. The summed E-state index contributed by atoms with van der Waals surface area (Å²) in [5, 5.41) is 20.3. The molecule has 1 aromatic heterocycles. The molecule has 0 aliphatic carbocycles. The maximum absolute atomic E-state index is 14.4. The van der Waals surface area contributed by atoms with Crippen LogP contribution in [0.3, 0.4) is 0 Å². The molecule has 6 rings (SSSR count). The number of benzene rings is 3. The summed E-state index contributed by atoms with van der Waals surface area (Å²) in [6.45, 7) is 2.59. The number of amides is 3. The molecule has 0 spiro atoms. The molecular weight excluding hydrogens is 630 g/mol. The van der Waals surface area contributed by atoms with Gasteiger partial charge in [0.25, 0.3) is 17.7 Å². The van der Waals surface area contributed by atoms with Crippen molar-refractivity contribution in [2.75, 3.05) is 31.1 Å². The van der Waals surface area contributed by atoms with E-state index in [-0.39, 0.29) is 42.3 Å². The molecule has 3 heterocycles. The normalized spacial score (nSPS) is 19.4. The van der Waals surface area contributed by atoms with Crippen LogP contribution in [0.4, 0.5) is 23.4 Å². The average molecular weight is 660 g/mol. The van der Waals surface area contributed by atoms with Crippen LogP contribution < -0.4 is 15.5 Å². The van der Waals surface area contributed by atoms with Crippen molar-refractivity contribution in [2.24, 2.45) is 0 Å². The SMILES string of the molecule is CCN1C(=O)[C@@H](NC(=O)c2cccc(C(F)(F)F)c2)[C@@H](c2ccc(F)cc2)c2c(C(=O)N3CCNC[C@@H]3C#N)nn(-c3ccccc3)c21. The number of alkyl halides is 3.